The SMILES string of the molecule is CC(C)(C)OC(=O)Nc1ccc(N2CCCCC2)nn1. The molecule has 2 heterocycles. The Hall–Kier alpha value is -1.85. The number of ether oxygens (including phenoxy) is 1. The first-order valence-corrected chi connectivity index (χ1v) is 7.03. The zero-order valence-corrected chi connectivity index (χ0v) is 12.3. The van der Waals surface area contributed by atoms with Crippen LogP contribution in [0.3, 0.4) is 0 Å². The van der Waals surface area contributed by atoms with Crippen LogP contribution >= 0.6 is 0 Å². The summed E-state index contributed by atoms with van der Waals surface area (Å²) >= 11 is 0. The molecular weight excluding hydrogens is 256 g/mol. The van der Waals surface area contributed by atoms with Crippen molar-refractivity contribution in [3.63, 3.8) is 0 Å². The van der Waals surface area contributed by atoms with Gasteiger partial charge in [0.05, 0.1) is 0 Å². The molecule has 0 aliphatic carbocycles. The number of aromatic nitrogens is 2. The van der Waals surface area contributed by atoms with E-state index in [1.807, 2.05) is 26.8 Å². The van der Waals surface area contributed by atoms with Crippen molar-refractivity contribution in [2.75, 3.05) is 23.3 Å². The maximum absolute atomic E-state index is 11.6. The molecule has 6 nitrogen and oxygen atoms in total. The minimum atomic E-state index is -0.523. The molecule has 1 amide bonds. The van der Waals surface area contributed by atoms with Crippen molar-refractivity contribution >= 4 is 17.7 Å². The van der Waals surface area contributed by atoms with Crippen LogP contribution in [0.5, 0.6) is 0 Å². The normalized spacial score (nSPS) is 15.8. The maximum Gasteiger partial charge on any atom is 0.413 e. The number of amides is 1. The van der Waals surface area contributed by atoms with Crippen molar-refractivity contribution in [3.8, 4) is 0 Å². The Balaban J connectivity index is 1.92. The first-order valence-electron chi connectivity index (χ1n) is 7.03. The molecule has 0 bridgehead atoms. The lowest BCUT2D eigenvalue weighted by Gasteiger charge is -2.27. The molecule has 1 aromatic heterocycles. The second kappa shape index (κ2) is 6.07. The molecule has 1 fully saturated rings. The van der Waals surface area contributed by atoms with Gasteiger partial charge in [0.2, 0.25) is 0 Å². The van der Waals surface area contributed by atoms with Crippen LogP contribution in [0, 0.1) is 0 Å². The smallest absolute Gasteiger partial charge is 0.413 e. The Bertz CT molecular complexity index is 447. The number of nitrogens with one attached hydrogen (secondary N) is 1. The molecule has 0 saturated carbocycles. The van der Waals surface area contributed by atoms with Gasteiger partial charge in [-0.2, -0.15) is 0 Å². The fraction of sp³-hybridized carbons (Fsp3) is 0.643. The van der Waals surface area contributed by atoms with Crippen molar-refractivity contribution in [2.45, 2.75) is 45.6 Å². The highest BCUT2D eigenvalue weighted by Crippen LogP contribution is 2.17. The molecule has 1 saturated heterocycles. The van der Waals surface area contributed by atoms with Crippen molar-refractivity contribution in [1.29, 1.82) is 0 Å². The van der Waals surface area contributed by atoms with Crippen molar-refractivity contribution in [1.82, 2.24) is 10.2 Å². The van der Waals surface area contributed by atoms with Crippen LogP contribution in [-0.4, -0.2) is 35.0 Å². The lowest BCUT2D eigenvalue weighted by atomic mass is 10.1. The third-order valence-corrected chi connectivity index (χ3v) is 2.96. The Morgan fingerprint density at radius 2 is 1.90 bits per heavy atom. The summed E-state index contributed by atoms with van der Waals surface area (Å²) in [6.45, 7) is 7.49. The van der Waals surface area contributed by atoms with E-state index in [4.69, 9.17) is 4.74 Å². The molecule has 0 spiro atoms. The van der Waals surface area contributed by atoms with E-state index in [9.17, 15) is 4.79 Å². The summed E-state index contributed by atoms with van der Waals surface area (Å²) in [6.07, 6.45) is 3.15. The second-order valence-corrected chi connectivity index (χ2v) is 5.95. The molecule has 0 unspecified atom stereocenters. The quantitative estimate of drug-likeness (QED) is 0.901. The minimum Gasteiger partial charge on any atom is -0.444 e. The summed E-state index contributed by atoms with van der Waals surface area (Å²) in [5.74, 6) is 1.26. The Morgan fingerprint density at radius 3 is 2.45 bits per heavy atom. The number of hydrogen-bond acceptors (Lipinski definition) is 5. The lowest BCUT2D eigenvalue weighted by Crippen LogP contribution is -2.30. The summed E-state index contributed by atoms with van der Waals surface area (Å²) in [5, 5.41) is 10.8. The van der Waals surface area contributed by atoms with Gasteiger partial charge in [0, 0.05) is 13.1 Å². The van der Waals surface area contributed by atoms with Crippen LogP contribution in [0.4, 0.5) is 16.4 Å². The number of hydrogen-bond donors (Lipinski definition) is 1. The highest BCUT2D eigenvalue weighted by molar-refractivity contribution is 5.83. The fourth-order valence-corrected chi connectivity index (χ4v) is 2.09. The predicted molar refractivity (Wildman–Crippen MR) is 78.0 cm³/mol. The fourth-order valence-electron chi connectivity index (χ4n) is 2.09. The minimum absolute atomic E-state index is 0.403. The van der Waals surface area contributed by atoms with E-state index in [0.717, 1.165) is 18.9 Å². The number of rotatable bonds is 2. The highest BCUT2D eigenvalue weighted by Gasteiger charge is 2.17. The van der Waals surface area contributed by atoms with E-state index in [1.165, 1.54) is 19.3 Å². The van der Waals surface area contributed by atoms with E-state index >= 15 is 0 Å². The summed E-state index contributed by atoms with van der Waals surface area (Å²) in [6, 6.07) is 3.63. The van der Waals surface area contributed by atoms with Gasteiger partial charge in [0.15, 0.2) is 11.6 Å². The molecular formula is C14H22N4O2. The van der Waals surface area contributed by atoms with Gasteiger partial charge in [-0.15, -0.1) is 10.2 Å². The molecule has 2 rings (SSSR count). The number of piperidine rings is 1. The highest BCUT2D eigenvalue weighted by atomic mass is 16.6. The van der Waals surface area contributed by atoms with Gasteiger partial charge < -0.3 is 9.64 Å². The molecule has 1 aromatic rings. The number of carbonyl (C=O) groups excluding carboxylic acids is 1. The van der Waals surface area contributed by atoms with E-state index in [0.29, 0.717) is 5.82 Å². The van der Waals surface area contributed by atoms with Crippen LogP contribution in [0.1, 0.15) is 40.0 Å². The Labute approximate surface area is 119 Å². The van der Waals surface area contributed by atoms with Gasteiger partial charge in [0.25, 0.3) is 0 Å². The van der Waals surface area contributed by atoms with Gasteiger partial charge in [-0.05, 0) is 52.2 Å². The van der Waals surface area contributed by atoms with Crippen LogP contribution in [0.2, 0.25) is 0 Å². The van der Waals surface area contributed by atoms with E-state index in [-0.39, 0.29) is 0 Å². The monoisotopic (exact) mass is 278 g/mol. The molecule has 1 aliphatic rings. The van der Waals surface area contributed by atoms with Gasteiger partial charge in [-0.1, -0.05) is 0 Å². The topological polar surface area (TPSA) is 67.3 Å². The third-order valence-electron chi connectivity index (χ3n) is 2.96. The molecule has 0 radical (unpaired) electrons. The molecule has 1 N–H and O–H groups in total. The lowest BCUT2D eigenvalue weighted by molar-refractivity contribution is 0.0635. The van der Waals surface area contributed by atoms with Crippen LogP contribution in [0.15, 0.2) is 12.1 Å². The third kappa shape index (κ3) is 4.36. The summed E-state index contributed by atoms with van der Waals surface area (Å²) in [5.41, 5.74) is -0.523. The molecule has 6 heteroatoms. The largest absolute Gasteiger partial charge is 0.444 e. The first kappa shape index (κ1) is 14.6. The average molecular weight is 278 g/mol. The summed E-state index contributed by atoms with van der Waals surface area (Å²) < 4.78 is 5.16. The average Bonchev–Trinajstić information content (AvgIpc) is 2.38. The standard InChI is InChI=1S/C14H22N4O2/c1-14(2,3)20-13(19)15-11-7-8-12(17-16-11)18-9-5-4-6-10-18/h7-8H,4-6,9-10H2,1-3H3,(H,15,16,19). The second-order valence-electron chi connectivity index (χ2n) is 5.95. The van der Waals surface area contributed by atoms with Crippen molar-refractivity contribution in [3.05, 3.63) is 12.1 Å². The van der Waals surface area contributed by atoms with E-state index in [2.05, 4.69) is 20.4 Å². The van der Waals surface area contributed by atoms with Crippen molar-refractivity contribution in [2.24, 2.45) is 0 Å². The zero-order chi connectivity index (χ0) is 14.6. The number of nitrogens with zero attached hydrogens (tertiary/aromatic N) is 3. The maximum atomic E-state index is 11.6. The number of carbonyl (C=O) groups is 1. The summed E-state index contributed by atoms with van der Waals surface area (Å²) in [4.78, 5) is 13.8. The van der Waals surface area contributed by atoms with Gasteiger partial charge in [-0.3, -0.25) is 5.32 Å². The zero-order valence-electron chi connectivity index (χ0n) is 12.3. The molecule has 1 aliphatic heterocycles. The summed E-state index contributed by atoms with van der Waals surface area (Å²) in [7, 11) is 0. The van der Waals surface area contributed by atoms with Crippen LogP contribution in [0.25, 0.3) is 0 Å². The van der Waals surface area contributed by atoms with E-state index in [1.54, 1.807) is 6.07 Å². The first-order chi connectivity index (χ1) is 9.44. The van der Waals surface area contributed by atoms with Gasteiger partial charge >= 0.3 is 6.09 Å². The molecule has 0 atom stereocenters. The van der Waals surface area contributed by atoms with Gasteiger partial charge in [0.1, 0.15) is 5.60 Å². The Morgan fingerprint density at radius 1 is 1.20 bits per heavy atom. The van der Waals surface area contributed by atoms with Crippen LogP contribution in [-0.2, 0) is 4.74 Å². The van der Waals surface area contributed by atoms with Gasteiger partial charge in [-0.25, -0.2) is 4.79 Å². The van der Waals surface area contributed by atoms with Crippen LogP contribution < -0.4 is 10.2 Å². The Kier molecular flexibility index (Phi) is 4.42. The van der Waals surface area contributed by atoms with Crippen molar-refractivity contribution < 1.29 is 9.53 Å². The molecule has 0 aromatic carbocycles. The number of anilines is 2. The molecule has 110 valence electrons. The predicted octanol–water partition coefficient (Wildman–Crippen LogP) is 2.81. The molecule has 20 heavy (non-hydrogen) atoms. The van der Waals surface area contributed by atoms with E-state index < -0.39 is 11.7 Å².